The van der Waals surface area contributed by atoms with Crippen LogP contribution in [0.5, 0.6) is 0 Å². The van der Waals surface area contributed by atoms with Gasteiger partial charge in [0.15, 0.2) is 0 Å². The zero-order chi connectivity index (χ0) is 13.8. The highest BCUT2D eigenvalue weighted by Crippen LogP contribution is 1.99. The number of pyridine rings is 1. The molecule has 0 saturated carbocycles. The fourth-order valence-electron chi connectivity index (χ4n) is 1.87. The largest absolute Gasteiger partial charge is 0.303 e. The lowest BCUT2D eigenvalue weighted by Crippen LogP contribution is -2.33. The van der Waals surface area contributed by atoms with Gasteiger partial charge in [-0.05, 0) is 24.3 Å². The Labute approximate surface area is 115 Å². The van der Waals surface area contributed by atoms with E-state index in [4.69, 9.17) is 0 Å². The molecule has 98 valence electrons. The van der Waals surface area contributed by atoms with Crippen LogP contribution in [0.2, 0.25) is 0 Å². The number of allylic oxidation sites excluding steroid dienone is 1. The molecule has 0 spiro atoms. The normalized spacial score (nSPS) is 14.1. The van der Waals surface area contributed by atoms with Crippen LogP contribution < -0.4 is 21.4 Å². The van der Waals surface area contributed by atoms with Crippen LogP contribution in [0.4, 0.5) is 0 Å². The quantitative estimate of drug-likeness (QED) is 0.782. The maximum Gasteiger partial charge on any atom is 0.269 e. The third-order valence-corrected chi connectivity index (χ3v) is 2.84. The molecular formula is C15H12N4O. The number of aromatic nitrogens is 1. The highest BCUT2D eigenvalue weighted by Gasteiger charge is 2.03. The summed E-state index contributed by atoms with van der Waals surface area (Å²) in [5.74, 6) is -0.222. The molecule has 5 heteroatoms. The van der Waals surface area contributed by atoms with Crippen LogP contribution in [-0.4, -0.2) is 10.9 Å². The van der Waals surface area contributed by atoms with E-state index in [9.17, 15) is 4.79 Å². The standard InChI is InChI=1S/C15H12N4O/c20-15(11-5-7-16-8-6-11)19-17-10-13-9-12-3-1-2-4-14(12)18-13/h1-10,17H,(H,19,20)/b13-10+. The Hall–Kier alpha value is -2.95. The zero-order valence-electron chi connectivity index (χ0n) is 10.6. The molecule has 0 aliphatic carbocycles. The van der Waals surface area contributed by atoms with Gasteiger partial charge >= 0.3 is 0 Å². The van der Waals surface area contributed by atoms with Crippen LogP contribution in [0.1, 0.15) is 10.4 Å². The van der Waals surface area contributed by atoms with Gasteiger partial charge in [0.1, 0.15) is 0 Å². The van der Waals surface area contributed by atoms with Crippen molar-refractivity contribution < 1.29 is 4.79 Å². The number of nitrogens with one attached hydrogen (secondary N) is 2. The Balaban J connectivity index is 1.65. The molecule has 5 nitrogen and oxygen atoms in total. The van der Waals surface area contributed by atoms with E-state index in [0.29, 0.717) is 5.56 Å². The molecule has 0 radical (unpaired) electrons. The number of hydrazine groups is 1. The molecule has 0 saturated heterocycles. The Kier molecular flexibility index (Phi) is 3.24. The summed E-state index contributed by atoms with van der Waals surface area (Å²) in [6.07, 6.45) is 6.74. The number of para-hydroxylation sites is 1. The highest BCUT2D eigenvalue weighted by molar-refractivity contribution is 5.93. The lowest BCUT2D eigenvalue weighted by atomic mass is 10.3. The molecule has 1 aliphatic heterocycles. The summed E-state index contributed by atoms with van der Waals surface area (Å²) in [4.78, 5) is 20.0. The minimum atomic E-state index is -0.222. The third kappa shape index (κ3) is 2.56. The first-order chi connectivity index (χ1) is 9.83. The fraction of sp³-hybridized carbons (Fsp3) is 0. The smallest absolute Gasteiger partial charge is 0.269 e. The van der Waals surface area contributed by atoms with Gasteiger partial charge in [-0.15, -0.1) is 0 Å². The predicted molar refractivity (Wildman–Crippen MR) is 74.6 cm³/mol. The number of carbonyl (C=O) groups excluding carboxylic acids is 1. The number of fused-ring (bicyclic) bond motifs is 1. The number of benzene rings is 1. The van der Waals surface area contributed by atoms with Gasteiger partial charge in [0.25, 0.3) is 5.91 Å². The summed E-state index contributed by atoms with van der Waals surface area (Å²) in [5.41, 5.74) is 6.64. The van der Waals surface area contributed by atoms with Crippen molar-refractivity contribution in [1.82, 2.24) is 15.8 Å². The lowest BCUT2D eigenvalue weighted by molar-refractivity contribution is 0.0941. The number of amides is 1. The molecule has 2 N–H and O–H groups in total. The molecule has 0 atom stereocenters. The molecule has 20 heavy (non-hydrogen) atoms. The summed E-state index contributed by atoms with van der Waals surface area (Å²) in [6.45, 7) is 0. The van der Waals surface area contributed by atoms with Crippen molar-refractivity contribution in [3.63, 3.8) is 0 Å². The summed E-state index contributed by atoms with van der Waals surface area (Å²) in [5, 5.41) is 2.00. The first kappa shape index (κ1) is 12.1. The van der Waals surface area contributed by atoms with Gasteiger partial charge in [-0.25, -0.2) is 4.99 Å². The minimum absolute atomic E-state index is 0.222. The van der Waals surface area contributed by atoms with Gasteiger partial charge in [-0.3, -0.25) is 15.2 Å². The minimum Gasteiger partial charge on any atom is -0.303 e. The maximum absolute atomic E-state index is 11.8. The van der Waals surface area contributed by atoms with E-state index in [1.807, 2.05) is 30.3 Å². The van der Waals surface area contributed by atoms with Gasteiger partial charge in [0, 0.05) is 29.4 Å². The van der Waals surface area contributed by atoms with E-state index in [1.165, 1.54) is 0 Å². The van der Waals surface area contributed by atoms with E-state index in [-0.39, 0.29) is 5.91 Å². The summed E-state index contributed by atoms with van der Waals surface area (Å²) in [7, 11) is 0. The van der Waals surface area contributed by atoms with Crippen LogP contribution in [0.3, 0.4) is 0 Å². The van der Waals surface area contributed by atoms with Gasteiger partial charge in [-0.1, -0.05) is 18.2 Å². The van der Waals surface area contributed by atoms with Crippen molar-refractivity contribution in [3.8, 4) is 0 Å². The second kappa shape index (κ2) is 5.36. The van der Waals surface area contributed by atoms with Crippen molar-refractivity contribution in [2.24, 2.45) is 4.99 Å². The number of hydrogen-bond acceptors (Lipinski definition) is 4. The predicted octanol–water partition coefficient (Wildman–Crippen LogP) is 0.271. The number of carbonyl (C=O) groups is 1. The zero-order valence-corrected chi connectivity index (χ0v) is 10.6. The average molecular weight is 264 g/mol. The molecule has 1 aliphatic rings. The molecule has 2 aromatic rings. The van der Waals surface area contributed by atoms with Crippen molar-refractivity contribution in [1.29, 1.82) is 0 Å². The third-order valence-electron chi connectivity index (χ3n) is 2.84. The van der Waals surface area contributed by atoms with E-state index in [1.54, 1.807) is 30.7 Å². The Morgan fingerprint density at radius 3 is 2.70 bits per heavy atom. The van der Waals surface area contributed by atoms with Gasteiger partial charge in [0.05, 0.1) is 11.1 Å². The van der Waals surface area contributed by atoms with Crippen LogP contribution in [0.25, 0.3) is 6.08 Å². The monoisotopic (exact) mass is 264 g/mol. The number of rotatable bonds is 3. The second-order valence-electron chi connectivity index (χ2n) is 4.22. The fourth-order valence-corrected chi connectivity index (χ4v) is 1.87. The second-order valence-corrected chi connectivity index (χ2v) is 4.22. The van der Waals surface area contributed by atoms with Gasteiger partial charge in [-0.2, -0.15) is 0 Å². The summed E-state index contributed by atoms with van der Waals surface area (Å²) in [6, 6.07) is 11.1. The first-order valence-electron chi connectivity index (χ1n) is 6.14. The Bertz CT molecular complexity index is 744. The molecule has 1 aromatic carbocycles. The van der Waals surface area contributed by atoms with Crippen LogP contribution in [0, 0.1) is 0 Å². The van der Waals surface area contributed by atoms with Crippen LogP contribution >= 0.6 is 0 Å². The maximum atomic E-state index is 11.8. The van der Waals surface area contributed by atoms with Crippen molar-refractivity contribution in [2.45, 2.75) is 0 Å². The van der Waals surface area contributed by atoms with Crippen molar-refractivity contribution >= 4 is 12.0 Å². The molecule has 1 amide bonds. The van der Waals surface area contributed by atoms with Crippen LogP contribution in [0.15, 0.2) is 65.7 Å². The van der Waals surface area contributed by atoms with E-state index >= 15 is 0 Å². The lowest BCUT2D eigenvalue weighted by Gasteiger charge is -2.03. The molecule has 0 unspecified atom stereocenters. The average Bonchev–Trinajstić information content (AvgIpc) is 2.90. The van der Waals surface area contributed by atoms with Crippen LogP contribution in [-0.2, 0) is 0 Å². The summed E-state index contributed by atoms with van der Waals surface area (Å²) >= 11 is 0. The molecular weight excluding hydrogens is 252 g/mol. The SMILES string of the molecule is O=C(NN/C=C1\C=c2ccccc2=N1)c1ccncc1. The number of nitrogens with zero attached hydrogens (tertiary/aromatic N) is 2. The molecule has 0 bridgehead atoms. The Morgan fingerprint density at radius 1 is 1.10 bits per heavy atom. The first-order valence-corrected chi connectivity index (χ1v) is 6.14. The van der Waals surface area contributed by atoms with Crippen molar-refractivity contribution in [2.75, 3.05) is 0 Å². The highest BCUT2D eigenvalue weighted by atomic mass is 16.2. The van der Waals surface area contributed by atoms with Gasteiger partial charge < -0.3 is 5.43 Å². The number of hydrogen-bond donors (Lipinski definition) is 2. The Morgan fingerprint density at radius 2 is 1.90 bits per heavy atom. The van der Waals surface area contributed by atoms with E-state index in [2.05, 4.69) is 20.8 Å². The van der Waals surface area contributed by atoms with Gasteiger partial charge in [0.2, 0.25) is 0 Å². The topological polar surface area (TPSA) is 66.4 Å². The molecule has 0 fully saturated rings. The van der Waals surface area contributed by atoms with Crippen molar-refractivity contribution in [3.05, 3.63) is 76.8 Å². The molecule has 2 heterocycles. The molecule has 1 aromatic heterocycles. The van der Waals surface area contributed by atoms with E-state index in [0.717, 1.165) is 16.3 Å². The molecule has 3 rings (SSSR count). The van der Waals surface area contributed by atoms with E-state index < -0.39 is 0 Å². The summed E-state index contributed by atoms with van der Waals surface area (Å²) < 4.78 is 0.